The second kappa shape index (κ2) is 12.8. The van der Waals surface area contributed by atoms with Gasteiger partial charge in [-0.05, 0) is 80.0 Å². The number of carboxylic acid groups (broad SMARTS) is 1. The largest absolute Gasteiger partial charge is 0.480 e. The lowest BCUT2D eigenvalue weighted by molar-refractivity contribution is -0.146. The van der Waals surface area contributed by atoms with E-state index in [-0.39, 0.29) is 6.04 Å². The number of rotatable bonds is 12. The van der Waals surface area contributed by atoms with Crippen LogP contribution in [0.15, 0.2) is 35.3 Å². The number of pyridine rings is 1. The van der Waals surface area contributed by atoms with E-state index in [9.17, 15) is 9.90 Å². The highest BCUT2D eigenvalue weighted by molar-refractivity contribution is 6.03. The van der Waals surface area contributed by atoms with Gasteiger partial charge in [-0.15, -0.1) is 0 Å². The molecule has 3 aliphatic rings. The Morgan fingerprint density at radius 3 is 2.70 bits per heavy atom. The molecule has 2 aromatic rings. The number of aryl methyl sites for hydroxylation is 2. The number of carbonyl (C=O) groups is 1. The van der Waals surface area contributed by atoms with Crippen LogP contribution >= 0.6 is 0 Å². The van der Waals surface area contributed by atoms with Crippen molar-refractivity contribution in [2.75, 3.05) is 25.0 Å². The van der Waals surface area contributed by atoms with Gasteiger partial charge < -0.3 is 10.4 Å². The van der Waals surface area contributed by atoms with Crippen LogP contribution in [-0.4, -0.2) is 52.3 Å². The normalized spacial score (nSPS) is 21.7. The van der Waals surface area contributed by atoms with Crippen molar-refractivity contribution in [3.63, 3.8) is 0 Å². The number of aliphatic imine (C=N–C) groups is 1. The van der Waals surface area contributed by atoms with Crippen LogP contribution in [0.5, 0.6) is 0 Å². The minimum atomic E-state index is -0.748. The third-order valence-corrected chi connectivity index (χ3v) is 9.26. The van der Waals surface area contributed by atoms with Crippen LogP contribution in [0.25, 0.3) is 0 Å². The maximum absolute atomic E-state index is 12.6. The number of nitrogens with zero attached hydrogens (tertiary/aromatic N) is 3. The van der Waals surface area contributed by atoms with Gasteiger partial charge in [-0.1, -0.05) is 64.3 Å². The smallest absolute Gasteiger partial charge is 0.325 e. The number of hydrogen-bond acceptors (Lipinski definition) is 5. The van der Waals surface area contributed by atoms with Gasteiger partial charge in [0.2, 0.25) is 0 Å². The fourth-order valence-corrected chi connectivity index (χ4v) is 7.08. The first kappa shape index (κ1) is 28.8. The maximum atomic E-state index is 12.6. The number of anilines is 1. The second-order valence-corrected chi connectivity index (χ2v) is 12.9. The molecule has 5 rings (SSSR count). The minimum absolute atomic E-state index is 0.269. The van der Waals surface area contributed by atoms with Crippen molar-refractivity contribution in [1.29, 1.82) is 0 Å². The van der Waals surface area contributed by atoms with Crippen LogP contribution in [0.1, 0.15) is 113 Å². The van der Waals surface area contributed by atoms with E-state index in [1.807, 2.05) is 6.07 Å². The molecule has 0 spiro atoms. The third kappa shape index (κ3) is 6.43. The van der Waals surface area contributed by atoms with Gasteiger partial charge in [0, 0.05) is 42.5 Å². The van der Waals surface area contributed by atoms with Crippen molar-refractivity contribution >= 4 is 17.5 Å². The number of unbranched alkanes of at least 4 members (excludes halogenated alkanes) is 3. The third-order valence-electron chi connectivity index (χ3n) is 9.26. The Kier molecular flexibility index (Phi) is 9.24. The number of nitrogens with one attached hydrogen (secondary N) is 1. The Morgan fingerprint density at radius 2 is 1.93 bits per heavy atom. The molecule has 3 atom stereocenters. The van der Waals surface area contributed by atoms with Gasteiger partial charge in [0.05, 0.1) is 6.04 Å². The maximum Gasteiger partial charge on any atom is 0.325 e. The van der Waals surface area contributed by atoms with Crippen molar-refractivity contribution in [3.05, 3.63) is 58.3 Å². The average Bonchev–Trinajstić information content (AvgIpc) is 2.91. The fraction of sp³-hybridized carbons (Fsp3) is 0.618. The number of aromatic nitrogens is 1. The van der Waals surface area contributed by atoms with Crippen molar-refractivity contribution in [1.82, 2.24) is 9.88 Å². The molecule has 4 heterocycles. The van der Waals surface area contributed by atoms with Crippen LogP contribution < -0.4 is 5.32 Å². The molecule has 1 saturated heterocycles. The lowest BCUT2D eigenvalue weighted by Crippen LogP contribution is -2.51. The van der Waals surface area contributed by atoms with Crippen molar-refractivity contribution < 1.29 is 9.90 Å². The van der Waals surface area contributed by atoms with Gasteiger partial charge in [0.15, 0.2) is 0 Å². The van der Waals surface area contributed by atoms with Crippen LogP contribution in [0, 0.1) is 11.8 Å². The summed E-state index contributed by atoms with van der Waals surface area (Å²) in [5, 5.41) is 13.8. The van der Waals surface area contributed by atoms with Gasteiger partial charge >= 0.3 is 5.97 Å². The van der Waals surface area contributed by atoms with Crippen molar-refractivity contribution in [2.24, 2.45) is 16.8 Å². The molecule has 6 heteroatoms. The summed E-state index contributed by atoms with van der Waals surface area (Å²) >= 11 is 0. The zero-order valence-corrected chi connectivity index (χ0v) is 25.0. The Hall–Kier alpha value is -2.73. The van der Waals surface area contributed by atoms with E-state index in [0.717, 1.165) is 61.6 Å². The number of fused-ring (bicyclic) bond motifs is 2. The predicted octanol–water partition coefficient (Wildman–Crippen LogP) is 7.03. The summed E-state index contributed by atoms with van der Waals surface area (Å²) in [5.74, 6) is 1.84. The van der Waals surface area contributed by atoms with Crippen molar-refractivity contribution in [2.45, 2.75) is 103 Å². The fourth-order valence-electron chi connectivity index (χ4n) is 7.08. The summed E-state index contributed by atoms with van der Waals surface area (Å²) in [4.78, 5) is 24.6. The molecule has 3 unspecified atom stereocenters. The summed E-state index contributed by atoms with van der Waals surface area (Å²) in [6.45, 7) is 11.6. The molecule has 1 fully saturated rings. The van der Waals surface area contributed by atoms with E-state index >= 15 is 0 Å². The summed E-state index contributed by atoms with van der Waals surface area (Å²) in [5.41, 5.74) is 6.83. The summed E-state index contributed by atoms with van der Waals surface area (Å²) in [6, 6.07) is 10.4. The molecule has 0 aliphatic carbocycles. The molecule has 216 valence electrons. The molecule has 40 heavy (non-hydrogen) atoms. The first-order valence-corrected chi connectivity index (χ1v) is 15.7. The van der Waals surface area contributed by atoms with E-state index in [2.05, 4.69) is 62.2 Å². The first-order chi connectivity index (χ1) is 19.3. The lowest BCUT2D eigenvalue weighted by Gasteiger charge is -2.44. The molecular weight excluding hydrogens is 496 g/mol. The average molecular weight is 545 g/mol. The molecule has 6 nitrogen and oxygen atoms in total. The number of carboxylic acids is 1. The van der Waals surface area contributed by atoms with Gasteiger partial charge in [-0.25, -0.2) is 4.98 Å². The van der Waals surface area contributed by atoms with E-state index in [0.29, 0.717) is 17.8 Å². The Bertz CT molecular complexity index is 1220. The van der Waals surface area contributed by atoms with E-state index in [1.54, 1.807) is 0 Å². The second-order valence-electron chi connectivity index (χ2n) is 12.9. The van der Waals surface area contributed by atoms with Crippen LogP contribution in [0.4, 0.5) is 5.82 Å². The van der Waals surface area contributed by atoms with Crippen molar-refractivity contribution in [3.8, 4) is 0 Å². The number of likely N-dealkylation sites (tertiary alicyclic amines) is 1. The predicted molar refractivity (Wildman–Crippen MR) is 164 cm³/mol. The first-order valence-electron chi connectivity index (χ1n) is 15.7. The molecule has 0 saturated carbocycles. The van der Waals surface area contributed by atoms with Crippen LogP contribution in [-0.2, 0) is 17.6 Å². The van der Waals surface area contributed by atoms with E-state index in [1.165, 1.54) is 55.3 Å². The van der Waals surface area contributed by atoms with Gasteiger partial charge in [0.25, 0.3) is 0 Å². The number of benzene rings is 1. The topological polar surface area (TPSA) is 77.8 Å². The number of hydrogen-bond donors (Lipinski definition) is 2. The molecular formula is C34H48N4O2. The Balaban J connectivity index is 1.10. The molecule has 0 bridgehead atoms. The summed E-state index contributed by atoms with van der Waals surface area (Å²) in [7, 11) is 0. The SMILES string of the molecule is CC1=NC(CC(C)C)C(C)c2cccc(C(C(=O)O)N3CC(CCCCCCc4ccc5c(n4)NCCC5)C3)c21. The Labute approximate surface area is 240 Å². The van der Waals surface area contributed by atoms with E-state index in [4.69, 9.17) is 9.98 Å². The summed E-state index contributed by atoms with van der Waals surface area (Å²) < 4.78 is 0. The number of aliphatic carboxylic acids is 1. The summed E-state index contributed by atoms with van der Waals surface area (Å²) in [6.07, 6.45) is 10.5. The van der Waals surface area contributed by atoms with Gasteiger partial charge in [0.1, 0.15) is 11.9 Å². The Morgan fingerprint density at radius 1 is 1.12 bits per heavy atom. The van der Waals surface area contributed by atoms with Crippen LogP contribution in [0.3, 0.4) is 0 Å². The molecule has 1 aromatic carbocycles. The lowest BCUT2D eigenvalue weighted by atomic mass is 9.78. The van der Waals surface area contributed by atoms with Crippen LogP contribution in [0.2, 0.25) is 0 Å². The quantitative estimate of drug-likeness (QED) is 0.281. The minimum Gasteiger partial charge on any atom is -0.480 e. The standard InChI is InChI=1S/C34H48N4O2/c1-22(2)19-30-23(3)28-14-9-15-29(31(28)24(4)36-30)32(34(39)40)38-20-25(21-38)11-7-5-6-8-13-27-17-16-26-12-10-18-35-33(26)37-27/h9,14-17,22-23,25,30,32H,5-8,10-13,18-21H2,1-4H3,(H,35,37)(H,39,40). The zero-order chi connectivity index (χ0) is 28.2. The molecule has 1 aromatic heterocycles. The molecule has 0 radical (unpaired) electrons. The van der Waals surface area contributed by atoms with Gasteiger partial charge in [-0.2, -0.15) is 0 Å². The molecule has 2 N–H and O–H groups in total. The van der Waals surface area contributed by atoms with Gasteiger partial charge in [-0.3, -0.25) is 14.7 Å². The zero-order valence-electron chi connectivity index (χ0n) is 25.0. The highest BCUT2D eigenvalue weighted by atomic mass is 16.4. The highest BCUT2D eigenvalue weighted by Gasteiger charge is 2.39. The monoisotopic (exact) mass is 544 g/mol. The van der Waals surface area contributed by atoms with E-state index < -0.39 is 12.0 Å². The highest BCUT2D eigenvalue weighted by Crippen LogP contribution is 2.40. The molecule has 3 aliphatic heterocycles. The molecule has 0 amide bonds.